The molecule has 0 spiro atoms. The van der Waals surface area contributed by atoms with Gasteiger partial charge in [-0.15, -0.1) is 0 Å². The Balaban J connectivity index is 2.63. The summed E-state index contributed by atoms with van der Waals surface area (Å²) in [6.45, 7) is 5.79. The minimum absolute atomic E-state index is 0.127. The molecular weight excluding hydrogens is 967 g/mol. The van der Waals surface area contributed by atoms with Crippen LogP contribution in [-0.2, 0) is 23.8 Å². The quantitative estimate of drug-likeness (QED) is 0.0149. The van der Waals surface area contributed by atoms with E-state index in [0.29, 0.717) is 12.8 Å². The number of allylic oxidation sites excluding steroid dienone is 5. The lowest BCUT2D eigenvalue weighted by Gasteiger charge is -2.41. The summed E-state index contributed by atoms with van der Waals surface area (Å²) in [6.07, 6.45) is 54.7. The van der Waals surface area contributed by atoms with Crippen LogP contribution in [0.4, 0.5) is 0 Å². The van der Waals surface area contributed by atoms with Crippen LogP contribution in [-0.4, -0.2) is 99.6 Å². The summed E-state index contributed by atoms with van der Waals surface area (Å²) in [7, 11) is 0. The number of hydrogen-bond donors (Lipinski definition) is 6. The molecular formula is C66H123NO10. The third-order valence-corrected chi connectivity index (χ3v) is 15.6. The molecule has 1 fully saturated rings. The number of esters is 1. The molecule has 0 aromatic rings. The lowest BCUT2D eigenvalue weighted by Crippen LogP contribution is -2.61. The molecule has 1 aliphatic heterocycles. The topological polar surface area (TPSA) is 175 Å². The number of nitrogens with one attached hydrogen (secondary N) is 1. The highest BCUT2D eigenvalue weighted by molar-refractivity contribution is 5.80. The molecule has 11 heteroatoms. The molecule has 1 amide bonds. The van der Waals surface area contributed by atoms with Crippen LogP contribution in [0.25, 0.3) is 0 Å². The maximum atomic E-state index is 13.4. The largest absolute Gasteiger partial charge is 0.454 e. The maximum absolute atomic E-state index is 13.4. The van der Waals surface area contributed by atoms with Crippen molar-refractivity contribution in [3.8, 4) is 0 Å². The molecule has 1 aliphatic rings. The third kappa shape index (κ3) is 42.4. The van der Waals surface area contributed by atoms with E-state index < -0.39 is 67.4 Å². The van der Waals surface area contributed by atoms with Gasteiger partial charge in [-0.25, -0.2) is 0 Å². The molecule has 452 valence electrons. The van der Waals surface area contributed by atoms with Gasteiger partial charge in [0.1, 0.15) is 24.4 Å². The first-order valence-electron chi connectivity index (χ1n) is 32.8. The molecule has 0 bridgehead atoms. The van der Waals surface area contributed by atoms with Gasteiger partial charge in [-0.3, -0.25) is 9.59 Å². The van der Waals surface area contributed by atoms with Crippen molar-refractivity contribution in [3.63, 3.8) is 0 Å². The molecule has 8 unspecified atom stereocenters. The predicted molar refractivity (Wildman–Crippen MR) is 320 cm³/mol. The number of amides is 1. The first kappa shape index (κ1) is 72.9. The van der Waals surface area contributed by atoms with Gasteiger partial charge >= 0.3 is 5.97 Å². The molecule has 77 heavy (non-hydrogen) atoms. The molecule has 0 radical (unpaired) electrons. The second kappa shape index (κ2) is 54.5. The SMILES string of the molecule is CCCCC/C=C/C=C/CCCCCCCC(O)C(=O)NC(COC1OC(CO)C(O)C(O)C1OC(=O)CCCCCCCCCCCCCCCCCCCCCCC)C(O)/C=C/CCCCCCCCCCCCC. The van der Waals surface area contributed by atoms with Gasteiger partial charge in [0.15, 0.2) is 12.4 Å². The van der Waals surface area contributed by atoms with Crippen LogP contribution in [0.15, 0.2) is 36.5 Å². The van der Waals surface area contributed by atoms with Crippen LogP contribution >= 0.6 is 0 Å². The van der Waals surface area contributed by atoms with E-state index in [1.165, 1.54) is 186 Å². The van der Waals surface area contributed by atoms with Crippen LogP contribution < -0.4 is 5.32 Å². The summed E-state index contributed by atoms with van der Waals surface area (Å²) in [5, 5.41) is 57.0. The zero-order valence-corrected chi connectivity index (χ0v) is 50.1. The minimum Gasteiger partial charge on any atom is -0.454 e. The molecule has 11 nitrogen and oxygen atoms in total. The molecule has 1 heterocycles. The second-order valence-electron chi connectivity index (χ2n) is 22.9. The zero-order chi connectivity index (χ0) is 56.1. The summed E-state index contributed by atoms with van der Waals surface area (Å²) in [6, 6.07) is -1.03. The van der Waals surface area contributed by atoms with Gasteiger partial charge in [-0.05, 0) is 51.4 Å². The van der Waals surface area contributed by atoms with Gasteiger partial charge in [0.05, 0.1) is 25.4 Å². The van der Waals surface area contributed by atoms with Crippen molar-refractivity contribution in [2.24, 2.45) is 0 Å². The van der Waals surface area contributed by atoms with E-state index in [-0.39, 0.29) is 19.4 Å². The molecule has 0 aliphatic carbocycles. The fraction of sp³-hybridized carbons (Fsp3) is 0.879. The summed E-state index contributed by atoms with van der Waals surface area (Å²) < 4.78 is 17.7. The predicted octanol–water partition coefficient (Wildman–Crippen LogP) is 15.8. The highest BCUT2D eigenvalue weighted by Gasteiger charge is 2.47. The van der Waals surface area contributed by atoms with Crippen molar-refractivity contribution in [1.29, 1.82) is 0 Å². The first-order chi connectivity index (χ1) is 37.7. The standard InChI is InChI=1S/C66H123NO10/c1-4-7-10-13-16-19-22-25-27-28-29-30-31-32-33-36-39-42-45-48-51-54-61(71)77-64-63(73)62(72)60(55-68)76-66(64)75-56-57(58(69)52-49-46-43-40-37-34-24-21-18-15-12-9-6-3)67-65(74)59(70)53-50-47-44-41-38-35-26-23-20-17-14-11-8-5-2/h17,20,23,26,49,52,57-60,62-64,66,68-70,72-73H,4-16,18-19,21-22,24-25,27-48,50-51,53-56H2,1-3H3,(H,67,74)/b20-17+,26-23+,52-49+. The van der Waals surface area contributed by atoms with Crippen molar-refractivity contribution < 1.29 is 49.3 Å². The summed E-state index contributed by atoms with van der Waals surface area (Å²) in [4.78, 5) is 26.6. The van der Waals surface area contributed by atoms with Gasteiger partial charge in [-0.1, -0.05) is 288 Å². The monoisotopic (exact) mass is 1090 g/mol. The number of carbonyl (C=O) groups is 2. The molecule has 8 atom stereocenters. The van der Waals surface area contributed by atoms with Crippen molar-refractivity contribution in [2.45, 2.75) is 359 Å². The molecule has 6 N–H and O–H groups in total. The normalized spacial score (nSPS) is 19.2. The van der Waals surface area contributed by atoms with Crippen molar-refractivity contribution >= 4 is 11.9 Å². The lowest BCUT2D eigenvalue weighted by atomic mass is 9.99. The molecule has 0 aromatic heterocycles. The Morgan fingerprint density at radius 2 is 0.883 bits per heavy atom. The van der Waals surface area contributed by atoms with Crippen LogP contribution in [0.2, 0.25) is 0 Å². The number of aliphatic hydroxyl groups excluding tert-OH is 5. The minimum atomic E-state index is -1.61. The zero-order valence-electron chi connectivity index (χ0n) is 50.1. The van der Waals surface area contributed by atoms with E-state index in [1.807, 2.05) is 6.08 Å². The smallest absolute Gasteiger partial charge is 0.306 e. The fourth-order valence-corrected chi connectivity index (χ4v) is 10.4. The number of rotatable bonds is 56. The van der Waals surface area contributed by atoms with Gasteiger partial charge in [0, 0.05) is 6.42 Å². The Bertz CT molecular complexity index is 1390. The van der Waals surface area contributed by atoms with E-state index in [1.54, 1.807) is 6.08 Å². The third-order valence-electron chi connectivity index (χ3n) is 15.6. The Kier molecular flexibility index (Phi) is 51.6. The Labute approximate surface area is 473 Å². The number of unbranched alkanes of at least 4 members (excludes halogenated alkanes) is 39. The van der Waals surface area contributed by atoms with E-state index >= 15 is 0 Å². The number of ether oxygens (including phenoxy) is 3. The Morgan fingerprint density at radius 3 is 1.32 bits per heavy atom. The fourth-order valence-electron chi connectivity index (χ4n) is 10.4. The maximum Gasteiger partial charge on any atom is 0.306 e. The molecule has 0 saturated carbocycles. The average molecular weight is 1090 g/mol. The van der Waals surface area contributed by atoms with E-state index in [4.69, 9.17) is 14.2 Å². The van der Waals surface area contributed by atoms with Crippen LogP contribution in [0.1, 0.15) is 310 Å². The summed E-state index contributed by atoms with van der Waals surface area (Å²) in [5.41, 5.74) is 0. The van der Waals surface area contributed by atoms with Crippen molar-refractivity contribution in [2.75, 3.05) is 13.2 Å². The molecule has 0 aromatic carbocycles. The number of aliphatic hydroxyl groups is 5. The molecule has 1 saturated heterocycles. The van der Waals surface area contributed by atoms with E-state index in [9.17, 15) is 35.1 Å². The first-order valence-corrected chi connectivity index (χ1v) is 32.8. The van der Waals surface area contributed by atoms with Crippen molar-refractivity contribution in [1.82, 2.24) is 5.32 Å². The molecule has 1 rings (SSSR count). The average Bonchev–Trinajstić information content (AvgIpc) is 3.43. The van der Waals surface area contributed by atoms with Gasteiger partial charge in [0.25, 0.3) is 0 Å². The van der Waals surface area contributed by atoms with Crippen LogP contribution in [0.5, 0.6) is 0 Å². The highest BCUT2D eigenvalue weighted by atomic mass is 16.7. The van der Waals surface area contributed by atoms with Gasteiger partial charge < -0.3 is 45.1 Å². The van der Waals surface area contributed by atoms with Crippen molar-refractivity contribution in [3.05, 3.63) is 36.5 Å². The van der Waals surface area contributed by atoms with E-state index in [2.05, 4.69) is 50.4 Å². The van der Waals surface area contributed by atoms with Crippen LogP contribution in [0.3, 0.4) is 0 Å². The number of hydrogen-bond acceptors (Lipinski definition) is 10. The number of carbonyl (C=O) groups excluding carboxylic acids is 2. The second-order valence-corrected chi connectivity index (χ2v) is 22.9. The Hall–Kier alpha value is -2.12. The van der Waals surface area contributed by atoms with E-state index in [0.717, 1.165) is 77.0 Å². The van der Waals surface area contributed by atoms with Crippen LogP contribution in [0, 0.1) is 0 Å². The van der Waals surface area contributed by atoms with Gasteiger partial charge in [0.2, 0.25) is 5.91 Å². The summed E-state index contributed by atoms with van der Waals surface area (Å²) >= 11 is 0. The Morgan fingerprint density at radius 1 is 0.506 bits per heavy atom. The van der Waals surface area contributed by atoms with Gasteiger partial charge in [-0.2, -0.15) is 0 Å². The highest BCUT2D eigenvalue weighted by Crippen LogP contribution is 2.26. The summed E-state index contributed by atoms with van der Waals surface area (Å²) in [5.74, 6) is -1.19. The lowest BCUT2D eigenvalue weighted by molar-refractivity contribution is -0.305.